The summed E-state index contributed by atoms with van der Waals surface area (Å²) in [5.41, 5.74) is 0.711. The summed E-state index contributed by atoms with van der Waals surface area (Å²) in [7, 11) is 0. The van der Waals surface area contributed by atoms with Gasteiger partial charge in [0.15, 0.2) is 0 Å². The van der Waals surface area contributed by atoms with Gasteiger partial charge in [0.1, 0.15) is 0 Å². The third-order valence-corrected chi connectivity index (χ3v) is 2.50. The van der Waals surface area contributed by atoms with Crippen LogP contribution in [0.5, 0.6) is 0 Å². The normalized spacial score (nSPS) is 10.0. The minimum absolute atomic E-state index is 0.0460. The molecule has 82 valence electrons. The van der Waals surface area contributed by atoms with Gasteiger partial charge in [-0.05, 0) is 28.4 Å². The number of halogens is 1. The molecule has 5 nitrogen and oxygen atoms in total. The summed E-state index contributed by atoms with van der Waals surface area (Å²) in [6.45, 7) is 0.676. The number of nitro benzene ring substituents is 1. The van der Waals surface area contributed by atoms with Gasteiger partial charge in [-0.1, -0.05) is 0 Å². The summed E-state index contributed by atoms with van der Waals surface area (Å²) >= 11 is 3.28. The molecule has 0 aliphatic heterocycles. The number of rotatable bonds is 5. The maximum Gasteiger partial charge on any atom is 0.271 e. The van der Waals surface area contributed by atoms with Gasteiger partial charge >= 0.3 is 0 Å². The van der Waals surface area contributed by atoms with Crippen molar-refractivity contribution in [3.8, 4) is 0 Å². The van der Waals surface area contributed by atoms with E-state index in [-0.39, 0.29) is 12.3 Å². The van der Waals surface area contributed by atoms with E-state index in [9.17, 15) is 10.1 Å². The van der Waals surface area contributed by atoms with Crippen LogP contribution < -0.4 is 5.32 Å². The molecule has 0 saturated heterocycles. The number of nitrogens with one attached hydrogen (secondary N) is 1. The molecule has 1 aromatic rings. The first-order valence-corrected chi connectivity index (χ1v) is 5.23. The highest BCUT2D eigenvalue weighted by molar-refractivity contribution is 9.10. The number of aliphatic hydroxyl groups excluding tert-OH is 1. The Morgan fingerprint density at radius 3 is 2.87 bits per heavy atom. The van der Waals surface area contributed by atoms with Crippen LogP contribution in [-0.2, 0) is 0 Å². The predicted octanol–water partition coefficient (Wildman–Crippen LogP) is 2.15. The Balaban J connectivity index is 2.76. The highest BCUT2D eigenvalue weighted by Gasteiger charge is 2.08. The maximum absolute atomic E-state index is 10.5. The van der Waals surface area contributed by atoms with E-state index in [0.717, 1.165) is 4.47 Å². The second-order valence-corrected chi connectivity index (χ2v) is 3.78. The molecular formula is C9H11BrN2O3. The maximum atomic E-state index is 10.5. The predicted molar refractivity (Wildman–Crippen MR) is 61.0 cm³/mol. The molecule has 0 heterocycles. The Hall–Kier alpha value is -1.14. The summed E-state index contributed by atoms with van der Waals surface area (Å²) in [6.07, 6.45) is 0.606. The van der Waals surface area contributed by atoms with E-state index >= 15 is 0 Å². The van der Waals surface area contributed by atoms with Crippen molar-refractivity contribution in [3.63, 3.8) is 0 Å². The SMILES string of the molecule is O=[N+]([O-])c1ccc(Br)c(NCCCO)c1. The lowest BCUT2D eigenvalue weighted by molar-refractivity contribution is -0.384. The number of hydrogen-bond donors (Lipinski definition) is 2. The third kappa shape index (κ3) is 3.49. The van der Waals surface area contributed by atoms with Crippen molar-refractivity contribution in [2.24, 2.45) is 0 Å². The van der Waals surface area contributed by atoms with E-state index in [4.69, 9.17) is 5.11 Å². The first-order valence-electron chi connectivity index (χ1n) is 4.44. The number of anilines is 1. The zero-order valence-electron chi connectivity index (χ0n) is 7.94. The van der Waals surface area contributed by atoms with Crippen molar-refractivity contribution in [2.75, 3.05) is 18.5 Å². The molecule has 0 spiro atoms. The molecule has 0 amide bonds. The van der Waals surface area contributed by atoms with Crippen molar-refractivity contribution in [3.05, 3.63) is 32.8 Å². The number of benzene rings is 1. The molecule has 0 aliphatic rings. The van der Waals surface area contributed by atoms with Crippen molar-refractivity contribution < 1.29 is 10.0 Å². The van der Waals surface area contributed by atoms with Gasteiger partial charge in [-0.25, -0.2) is 0 Å². The van der Waals surface area contributed by atoms with E-state index in [1.165, 1.54) is 12.1 Å². The number of nitrogens with zero attached hydrogens (tertiary/aromatic N) is 1. The van der Waals surface area contributed by atoms with Crippen LogP contribution in [-0.4, -0.2) is 23.2 Å². The van der Waals surface area contributed by atoms with Gasteiger partial charge < -0.3 is 10.4 Å². The monoisotopic (exact) mass is 274 g/mol. The average Bonchev–Trinajstić information content (AvgIpc) is 2.20. The number of hydrogen-bond acceptors (Lipinski definition) is 4. The molecule has 0 aliphatic carbocycles. The van der Waals surface area contributed by atoms with E-state index in [1.807, 2.05) is 0 Å². The molecule has 1 rings (SSSR count). The van der Waals surface area contributed by atoms with Gasteiger partial charge in [-0.3, -0.25) is 10.1 Å². The van der Waals surface area contributed by atoms with Crippen LogP contribution in [0.4, 0.5) is 11.4 Å². The quantitative estimate of drug-likeness (QED) is 0.490. The average molecular weight is 275 g/mol. The highest BCUT2D eigenvalue weighted by Crippen LogP contribution is 2.26. The Labute approximate surface area is 95.4 Å². The standard InChI is InChI=1S/C9H11BrN2O3/c10-8-3-2-7(12(14)15)6-9(8)11-4-1-5-13/h2-3,6,11,13H,1,4-5H2. The molecule has 0 saturated carbocycles. The van der Waals surface area contributed by atoms with Gasteiger partial charge in [-0.15, -0.1) is 0 Å². The second-order valence-electron chi connectivity index (χ2n) is 2.93. The van der Waals surface area contributed by atoms with Crippen LogP contribution in [0.2, 0.25) is 0 Å². The van der Waals surface area contributed by atoms with Crippen LogP contribution in [0, 0.1) is 10.1 Å². The van der Waals surface area contributed by atoms with Crippen LogP contribution in [0.15, 0.2) is 22.7 Å². The smallest absolute Gasteiger partial charge is 0.271 e. The van der Waals surface area contributed by atoms with Crippen LogP contribution in [0.1, 0.15) is 6.42 Å². The molecule has 0 aromatic heterocycles. The molecule has 0 fully saturated rings. The lowest BCUT2D eigenvalue weighted by atomic mass is 10.3. The largest absolute Gasteiger partial charge is 0.396 e. The molecule has 15 heavy (non-hydrogen) atoms. The fraction of sp³-hybridized carbons (Fsp3) is 0.333. The third-order valence-electron chi connectivity index (χ3n) is 1.81. The molecule has 0 bridgehead atoms. The van der Waals surface area contributed by atoms with Crippen LogP contribution in [0.3, 0.4) is 0 Å². The fourth-order valence-corrected chi connectivity index (χ4v) is 1.45. The molecule has 2 N–H and O–H groups in total. The van der Waals surface area contributed by atoms with Gasteiger partial charge in [0.25, 0.3) is 5.69 Å². The summed E-state index contributed by atoms with van der Waals surface area (Å²) in [5, 5.41) is 22.1. The van der Waals surface area contributed by atoms with Crippen molar-refractivity contribution in [1.82, 2.24) is 0 Å². The van der Waals surface area contributed by atoms with Gasteiger partial charge in [0.05, 0.1) is 10.6 Å². The van der Waals surface area contributed by atoms with Gasteiger partial charge in [0, 0.05) is 29.8 Å². The minimum atomic E-state index is -0.441. The van der Waals surface area contributed by atoms with Gasteiger partial charge in [-0.2, -0.15) is 0 Å². The van der Waals surface area contributed by atoms with E-state index < -0.39 is 4.92 Å². The zero-order chi connectivity index (χ0) is 11.3. The Kier molecular flexibility index (Phi) is 4.51. The van der Waals surface area contributed by atoms with Crippen molar-refractivity contribution in [2.45, 2.75) is 6.42 Å². The second kappa shape index (κ2) is 5.67. The lowest BCUT2D eigenvalue weighted by Crippen LogP contribution is -2.04. The number of non-ortho nitro benzene ring substituents is 1. The first kappa shape index (κ1) is 11.9. The fourth-order valence-electron chi connectivity index (χ4n) is 1.06. The number of aliphatic hydroxyl groups is 1. The van der Waals surface area contributed by atoms with Crippen LogP contribution in [0.25, 0.3) is 0 Å². The summed E-state index contributed by atoms with van der Waals surface area (Å²) in [5.74, 6) is 0. The topological polar surface area (TPSA) is 75.4 Å². The van der Waals surface area contributed by atoms with Crippen molar-refractivity contribution >= 4 is 27.3 Å². The van der Waals surface area contributed by atoms with Gasteiger partial charge in [0.2, 0.25) is 0 Å². The molecule has 0 unspecified atom stereocenters. The molecule has 0 radical (unpaired) electrons. The molecular weight excluding hydrogens is 264 g/mol. The molecule has 1 aromatic carbocycles. The lowest BCUT2D eigenvalue weighted by Gasteiger charge is -2.06. The number of nitro groups is 1. The molecule has 0 atom stereocenters. The molecule has 6 heteroatoms. The van der Waals surface area contributed by atoms with Crippen molar-refractivity contribution in [1.29, 1.82) is 0 Å². The Bertz CT molecular complexity index is 357. The van der Waals surface area contributed by atoms with E-state index in [0.29, 0.717) is 18.7 Å². The summed E-state index contributed by atoms with van der Waals surface area (Å²) in [4.78, 5) is 10.1. The minimum Gasteiger partial charge on any atom is -0.396 e. The van der Waals surface area contributed by atoms with E-state index in [2.05, 4.69) is 21.2 Å². The highest BCUT2D eigenvalue weighted by atomic mass is 79.9. The summed E-state index contributed by atoms with van der Waals surface area (Å²) < 4.78 is 0.769. The van der Waals surface area contributed by atoms with Crippen LogP contribution >= 0.6 is 15.9 Å². The first-order chi connectivity index (χ1) is 7.15. The Morgan fingerprint density at radius 2 is 2.27 bits per heavy atom. The van der Waals surface area contributed by atoms with E-state index in [1.54, 1.807) is 6.07 Å². The summed E-state index contributed by atoms with van der Waals surface area (Å²) in [6, 6.07) is 4.52. The zero-order valence-corrected chi connectivity index (χ0v) is 9.53. The Morgan fingerprint density at radius 1 is 1.53 bits per heavy atom.